The summed E-state index contributed by atoms with van der Waals surface area (Å²) in [5, 5.41) is 3.40. The van der Waals surface area contributed by atoms with Crippen LogP contribution in [-0.2, 0) is 17.8 Å². The normalized spacial score (nSPS) is 11.0. The SMILES string of the molecule is COCCCn1ccnc1NCc1ccc(C(C)C)cc1. The van der Waals surface area contributed by atoms with Crippen LogP contribution in [0.4, 0.5) is 5.95 Å². The molecule has 0 bridgehead atoms. The number of benzene rings is 1. The molecular weight excluding hydrogens is 262 g/mol. The van der Waals surface area contributed by atoms with Crippen LogP contribution in [0.3, 0.4) is 0 Å². The Bertz CT molecular complexity index is 531. The van der Waals surface area contributed by atoms with Crippen LogP contribution < -0.4 is 5.32 Å². The predicted octanol–water partition coefficient (Wildman–Crippen LogP) is 3.66. The fourth-order valence-corrected chi connectivity index (χ4v) is 2.24. The number of nitrogens with one attached hydrogen (secondary N) is 1. The third-order valence-corrected chi connectivity index (χ3v) is 3.56. The van der Waals surface area contributed by atoms with Gasteiger partial charge in [0.2, 0.25) is 5.95 Å². The Hall–Kier alpha value is -1.81. The number of hydrogen-bond donors (Lipinski definition) is 1. The average Bonchev–Trinajstić information content (AvgIpc) is 2.93. The molecule has 0 aliphatic carbocycles. The van der Waals surface area contributed by atoms with E-state index in [-0.39, 0.29) is 0 Å². The van der Waals surface area contributed by atoms with Crippen LogP contribution in [0.5, 0.6) is 0 Å². The molecule has 0 amide bonds. The van der Waals surface area contributed by atoms with Gasteiger partial charge in [0.1, 0.15) is 0 Å². The Kier molecular flexibility index (Phi) is 5.81. The molecule has 1 N–H and O–H groups in total. The van der Waals surface area contributed by atoms with Gasteiger partial charge in [-0.3, -0.25) is 0 Å². The van der Waals surface area contributed by atoms with E-state index in [2.05, 4.69) is 53.0 Å². The molecule has 1 heterocycles. The second kappa shape index (κ2) is 7.84. The number of nitrogens with zero attached hydrogens (tertiary/aromatic N) is 2. The molecule has 4 heteroatoms. The van der Waals surface area contributed by atoms with Crippen molar-refractivity contribution in [3.05, 3.63) is 47.8 Å². The number of aryl methyl sites for hydroxylation is 1. The summed E-state index contributed by atoms with van der Waals surface area (Å²) in [7, 11) is 1.73. The lowest BCUT2D eigenvalue weighted by molar-refractivity contribution is 0.190. The second-order valence-electron chi connectivity index (χ2n) is 5.54. The van der Waals surface area contributed by atoms with Gasteiger partial charge in [-0.1, -0.05) is 38.1 Å². The first kappa shape index (κ1) is 15.6. The number of ether oxygens (including phenoxy) is 1. The van der Waals surface area contributed by atoms with Crippen LogP contribution in [0, 0.1) is 0 Å². The van der Waals surface area contributed by atoms with Gasteiger partial charge < -0.3 is 14.6 Å². The van der Waals surface area contributed by atoms with Crippen molar-refractivity contribution in [3.8, 4) is 0 Å². The first-order valence-corrected chi connectivity index (χ1v) is 7.53. The Balaban J connectivity index is 1.89. The molecule has 0 aliphatic heterocycles. The molecule has 0 radical (unpaired) electrons. The summed E-state index contributed by atoms with van der Waals surface area (Å²) in [6.07, 6.45) is 4.82. The summed E-state index contributed by atoms with van der Waals surface area (Å²) in [6, 6.07) is 8.76. The molecule has 1 aromatic carbocycles. The van der Waals surface area contributed by atoms with Crippen molar-refractivity contribution in [1.82, 2.24) is 9.55 Å². The molecule has 0 aliphatic rings. The highest BCUT2D eigenvalue weighted by molar-refractivity contribution is 5.31. The first-order valence-electron chi connectivity index (χ1n) is 7.53. The summed E-state index contributed by atoms with van der Waals surface area (Å²) in [5.74, 6) is 1.49. The molecule has 0 atom stereocenters. The molecule has 114 valence electrons. The lowest BCUT2D eigenvalue weighted by atomic mass is 10.0. The first-order chi connectivity index (χ1) is 10.2. The number of anilines is 1. The van der Waals surface area contributed by atoms with Crippen molar-refractivity contribution in [2.45, 2.75) is 39.3 Å². The van der Waals surface area contributed by atoms with Crippen molar-refractivity contribution in [2.75, 3.05) is 19.0 Å². The van der Waals surface area contributed by atoms with Crippen LogP contribution in [-0.4, -0.2) is 23.3 Å². The molecule has 2 aromatic rings. The monoisotopic (exact) mass is 287 g/mol. The number of imidazole rings is 1. The van der Waals surface area contributed by atoms with Gasteiger partial charge in [0.15, 0.2) is 0 Å². The minimum Gasteiger partial charge on any atom is -0.385 e. The summed E-state index contributed by atoms with van der Waals surface area (Å²) in [6.45, 7) is 6.91. The van der Waals surface area contributed by atoms with Gasteiger partial charge in [0.25, 0.3) is 0 Å². The molecule has 2 rings (SSSR count). The zero-order chi connectivity index (χ0) is 15.1. The number of aromatic nitrogens is 2. The lowest BCUT2D eigenvalue weighted by Crippen LogP contribution is -2.08. The van der Waals surface area contributed by atoms with E-state index in [1.54, 1.807) is 7.11 Å². The van der Waals surface area contributed by atoms with Gasteiger partial charge in [-0.15, -0.1) is 0 Å². The maximum Gasteiger partial charge on any atom is 0.203 e. The van der Waals surface area contributed by atoms with E-state index in [9.17, 15) is 0 Å². The molecule has 0 fully saturated rings. The van der Waals surface area contributed by atoms with E-state index in [0.29, 0.717) is 5.92 Å². The van der Waals surface area contributed by atoms with E-state index in [1.807, 2.05) is 12.4 Å². The van der Waals surface area contributed by atoms with Crippen molar-refractivity contribution in [1.29, 1.82) is 0 Å². The van der Waals surface area contributed by atoms with E-state index < -0.39 is 0 Å². The van der Waals surface area contributed by atoms with Crippen molar-refractivity contribution >= 4 is 5.95 Å². The molecule has 0 spiro atoms. The highest BCUT2D eigenvalue weighted by atomic mass is 16.5. The zero-order valence-electron chi connectivity index (χ0n) is 13.2. The van der Waals surface area contributed by atoms with Crippen LogP contribution in [0.1, 0.15) is 37.3 Å². The minimum absolute atomic E-state index is 0.576. The number of rotatable bonds is 8. The minimum atomic E-state index is 0.576. The maximum absolute atomic E-state index is 5.09. The van der Waals surface area contributed by atoms with Gasteiger partial charge in [-0.05, 0) is 23.5 Å². The third kappa shape index (κ3) is 4.60. The number of hydrogen-bond acceptors (Lipinski definition) is 3. The number of methoxy groups -OCH3 is 1. The van der Waals surface area contributed by atoms with Crippen molar-refractivity contribution in [3.63, 3.8) is 0 Å². The molecule has 21 heavy (non-hydrogen) atoms. The van der Waals surface area contributed by atoms with Crippen LogP contribution in [0.2, 0.25) is 0 Å². The van der Waals surface area contributed by atoms with Gasteiger partial charge in [0.05, 0.1) is 0 Å². The average molecular weight is 287 g/mol. The van der Waals surface area contributed by atoms with Gasteiger partial charge in [0, 0.05) is 39.2 Å². The van der Waals surface area contributed by atoms with E-state index >= 15 is 0 Å². The summed E-state index contributed by atoms with van der Waals surface area (Å²) in [4.78, 5) is 4.37. The van der Waals surface area contributed by atoms with Crippen LogP contribution >= 0.6 is 0 Å². The van der Waals surface area contributed by atoms with Crippen LogP contribution in [0.25, 0.3) is 0 Å². The Morgan fingerprint density at radius 2 is 2.00 bits per heavy atom. The highest BCUT2D eigenvalue weighted by Crippen LogP contribution is 2.15. The lowest BCUT2D eigenvalue weighted by Gasteiger charge is -2.11. The summed E-state index contributed by atoms with van der Waals surface area (Å²) >= 11 is 0. The fraction of sp³-hybridized carbons (Fsp3) is 0.471. The molecule has 0 saturated carbocycles. The van der Waals surface area contributed by atoms with Crippen molar-refractivity contribution < 1.29 is 4.74 Å². The van der Waals surface area contributed by atoms with E-state index in [0.717, 1.165) is 32.1 Å². The highest BCUT2D eigenvalue weighted by Gasteiger charge is 2.03. The van der Waals surface area contributed by atoms with Gasteiger partial charge >= 0.3 is 0 Å². The fourth-order valence-electron chi connectivity index (χ4n) is 2.24. The van der Waals surface area contributed by atoms with Gasteiger partial charge in [-0.25, -0.2) is 4.98 Å². The Morgan fingerprint density at radius 3 is 2.67 bits per heavy atom. The van der Waals surface area contributed by atoms with Crippen LogP contribution in [0.15, 0.2) is 36.7 Å². The van der Waals surface area contributed by atoms with Crippen molar-refractivity contribution in [2.24, 2.45) is 0 Å². The molecule has 1 aromatic heterocycles. The topological polar surface area (TPSA) is 39.1 Å². The molecular formula is C17H25N3O. The quantitative estimate of drug-likeness (QED) is 0.753. The summed E-state index contributed by atoms with van der Waals surface area (Å²) in [5.41, 5.74) is 2.64. The standard InChI is InChI=1S/C17H25N3O/c1-14(2)16-7-5-15(6-8-16)13-19-17-18-9-11-20(17)10-4-12-21-3/h5-9,11,14H,4,10,12-13H2,1-3H3,(H,18,19). The molecule has 4 nitrogen and oxygen atoms in total. The Labute approximate surface area is 127 Å². The Morgan fingerprint density at radius 1 is 1.24 bits per heavy atom. The largest absolute Gasteiger partial charge is 0.385 e. The van der Waals surface area contributed by atoms with Gasteiger partial charge in [-0.2, -0.15) is 0 Å². The summed E-state index contributed by atoms with van der Waals surface area (Å²) < 4.78 is 7.21. The van der Waals surface area contributed by atoms with E-state index in [1.165, 1.54) is 11.1 Å². The predicted molar refractivity (Wildman–Crippen MR) is 86.6 cm³/mol. The smallest absolute Gasteiger partial charge is 0.203 e. The molecule has 0 unspecified atom stereocenters. The third-order valence-electron chi connectivity index (χ3n) is 3.56. The zero-order valence-corrected chi connectivity index (χ0v) is 13.2. The maximum atomic E-state index is 5.09. The van der Waals surface area contributed by atoms with E-state index in [4.69, 9.17) is 4.74 Å². The second-order valence-corrected chi connectivity index (χ2v) is 5.54. The molecule has 0 saturated heterocycles.